The van der Waals surface area contributed by atoms with Crippen molar-refractivity contribution in [2.75, 3.05) is 0 Å². The molecule has 4 nitrogen and oxygen atoms in total. The fourth-order valence-electron chi connectivity index (χ4n) is 2.12. The minimum atomic E-state index is -0.739. The number of hydrogen-bond donors (Lipinski definition) is 1. The van der Waals surface area contributed by atoms with E-state index in [1.165, 1.54) is 16.8 Å². The van der Waals surface area contributed by atoms with Gasteiger partial charge in [-0.05, 0) is 28.5 Å². The molecule has 2 amide bonds. The van der Waals surface area contributed by atoms with Gasteiger partial charge in [-0.15, -0.1) is 0 Å². The van der Waals surface area contributed by atoms with Gasteiger partial charge in [0.1, 0.15) is 0 Å². The zero-order chi connectivity index (χ0) is 15.4. The first-order chi connectivity index (χ1) is 10.7. The van der Waals surface area contributed by atoms with Gasteiger partial charge in [-0.2, -0.15) is 0 Å². The van der Waals surface area contributed by atoms with Crippen molar-refractivity contribution < 1.29 is 14.3 Å². The fourth-order valence-corrected chi connectivity index (χ4v) is 2.12. The molecule has 0 saturated carbocycles. The Balaban J connectivity index is 1.68. The Kier molecular flexibility index (Phi) is 3.83. The number of rotatable bonds is 3. The van der Waals surface area contributed by atoms with Crippen LogP contribution >= 0.6 is 0 Å². The van der Waals surface area contributed by atoms with Crippen LogP contribution in [0.1, 0.15) is 5.56 Å². The highest BCUT2D eigenvalue weighted by Crippen LogP contribution is 2.16. The van der Waals surface area contributed by atoms with Gasteiger partial charge in [0.25, 0.3) is 5.91 Å². The van der Waals surface area contributed by atoms with E-state index in [4.69, 9.17) is 0 Å². The molecule has 1 N–H and O–H groups in total. The topological polar surface area (TPSA) is 55.4 Å². The third-order valence-electron chi connectivity index (χ3n) is 3.17. The molecule has 1 heterocycles. The summed E-state index contributed by atoms with van der Waals surface area (Å²) in [5, 5.41) is 4.42. The Hall–Kier alpha value is -3.14. The number of fused-ring (bicyclic) bond motifs is 1. The summed E-state index contributed by atoms with van der Waals surface area (Å²) in [7, 11) is 0. The lowest BCUT2D eigenvalue weighted by Crippen LogP contribution is -2.18. The van der Waals surface area contributed by atoms with Gasteiger partial charge in [0.15, 0.2) is 5.76 Å². The van der Waals surface area contributed by atoms with Crippen LogP contribution in [0.15, 0.2) is 72.5 Å². The SMILES string of the molecule is O=C1NC(=O)C(=CC=CC=Cc2ccc3ccccc3c2)O1. The van der Waals surface area contributed by atoms with Crippen molar-refractivity contribution in [3.05, 3.63) is 78.1 Å². The summed E-state index contributed by atoms with van der Waals surface area (Å²) >= 11 is 0. The molecule has 1 saturated heterocycles. The fraction of sp³-hybridized carbons (Fsp3) is 0. The Morgan fingerprint density at radius 2 is 1.73 bits per heavy atom. The summed E-state index contributed by atoms with van der Waals surface area (Å²) in [5.41, 5.74) is 1.08. The first-order valence-corrected chi connectivity index (χ1v) is 6.79. The zero-order valence-corrected chi connectivity index (χ0v) is 11.7. The monoisotopic (exact) mass is 291 g/mol. The highest BCUT2D eigenvalue weighted by atomic mass is 16.6. The summed E-state index contributed by atoms with van der Waals surface area (Å²) in [5.74, 6) is -0.520. The summed E-state index contributed by atoms with van der Waals surface area (Å²) in [4.78, 5) is 22.0. The standard InChI is InChI=1S/C18H13NO3/c20-17-16(22-18(21)19-17)9-3-1-2-6-13-10-11-14-7-4-5-8-15(14)12-13/h1-12H,(H,19,20,21). The van der Waals surface area contributed by atoms with E-state index in [1.54, 1.807) is 12.2 Å². The second-order valence-corrected chi connectivity index (χ2v) is 4.73. The first-order valence-electron chi connectivity index (χ1n) is 6.79. The predicted octanol–water partition coefficient (Wildman–Crippen LogP) is 3.56. The molecule has 4 heteroatoms. The average Bonchev–Trinajstić information content (AvgIpc) is 2.84. The second kappa shape index (κ2) is 6.10. The van der Waals surface area contributed by atoms with Crippen LogP contribution in [0.4, 0.5) is 4.79 Å². The van der Waals surface area contributed by atoms with Gasteiger partial charge >= 0.3 is 6.09 Å². The van der Waals surface area contributed by atoms with Gasteiger partial charge in [-0.25, -0.2) is 4.79 Å². The van der Waals surface area contributed by atoms with Gasteiger partial charge in [-0.1, -0.05) is 60.7 Å². The highest BCUT2D eigenvalue weighted by Gasteiger charge is 2.24. The van der Waals surface area contributed by atoms with E-state index < -0.39 is 12.0 Å². The number of alkyl carbamates (subject to hydrolysis) is 1. The second-order valence-electron chi connectivity index (χ2n) is 4.73. The van der Waals surface area contributed by atoms with E-state index in [-0.39, 0.29) is 5.76 Å². The van der Waals surface area contributed by atoms with Crippen LogP contribution in [0, 0.1) is 0 Å². The van der Waals surface area contributed by atoms with E-state index in [2.05, 4.69) is 29.0 Å². The van der Waals surface area contributed by atoms with Crippen LogP contribution in [-0.4, -0.2) is 12.0 Å². The minimum Gasteiger partial charge on any atom is -0.404 e. The number of cyclic esters (lactones) is 1. The van der Waals surface area contributed by atoms with Crippen LogP contribution in [0.2, 0.25) is 0 Å². The van der Waals surface area contributed by atoms with Gasteiger partial charge in [0.05, 0.1) is 0 Å². The van der Waals surface area contributed by atoms with Crippen molar-refractivity contribution in [2.45, 2.75) is 0 Å². The number of hydrogen-bond acceptors (Lipinski definition) is 3. The van der Waals surface area contributed by atoms with E-state index in [1.807, 2.05) is 35.7 Å². The maximum Gasteiger partial charge on any atom is 0.419 e. The third-order valence-corrected chi connectivity index (χ3v) is 3.17. The molecule has 2 aromatic carbocycles. The number of nitrogens with one attached hydrogen (secondary N) is 1. The van der Waals surface area contributed by atoms with Crippen LogP contribution in [0.3, 0.4) is 0 Å². The number of ether oxygens (including phenoxy) is 1. The number of amides is 2. The quantitative estimate of drug-likeness (QED) is 0.695. The smallest absolute Gasteiger partial charge is 0.404 e. The van der Waals surface area contributed by atoms with Crippen LogP contribution in [-0.2, 0) is 9.53 Å². The molecule has 0 spiro atoms. The van der Waals surface area contributed by atoms with Crippen molar-refractivity contribution in [3.63, 3.8) is 0 Å². The lowest BCUT2D eigenvalue weighted by molar-refractivity contribution is -0.116. The Labute approximate surface area is 127 Å². The van der Waals surface area contributed by atoms with Gasteiger partial charge in [0, 0.05) is 0 Å². The summed E-state index contributed by atoms with van der Waals surface area (Å²) in [6, 6.07) is 14.4. The minimum absolute atomic E-state index is 0.000329. The molecule has 1 fully saturated rings. The van der Waals surface area contributed by atoms with Gasteiger partial charge in [-0.3, -0.25) is 10.1 Å². The molecule has 1 aliphatic rings. The molecular weight excluding hydrogens is 278 g/mol. The van der Waals surface area contributed by atoms with E-state index in [0.717, 1.165) is 5.56 Å². The summed E-state index contributed by atoms with van der Waals surface area (Å²) < 4.78 is 4.67. The number of imide groups is 1. The summed E-state index contributed by atoms with van der Waals surface area (Å²) in [6.45, 7) is 0. The molecule has 108 valence electrons. The first kappa shape index (κ1) is 13.8. The molecule has 0 atom stereocenters. The van der Waals surface area contributed by atoms with Crippen molar-refractivity contribution in [1.82, 2.24) is 5.32 Å². The van der Waals surface area contributed by atoms with Gasteiger partial charge in [0.2, 0.25) is 0 Å². The maximum absolute atomic E-state index is 11.2. The van der Waals surface area contributed by atoms with Gasteiger partial charge < -0.3 is 4.74 Å². The van der Waals surface area contributed by atoms with E-state index in [9.17, 15) is 9.59 Å². The Morgan fingerprint density at radius 3 is 2.50 bits per heavy atom. The normalized spacial score (nSPS) is 16.8. The Bertz CT molecular complexity index is 831. The number of carbonyl (C=O) groups excluding carboxylic acids is 2. The number of carbonyl (C=O) groups is 2. The van der Waals surface area contributed by atoms with E-state index >= 15 is 0 Å². The highest BCUT2D eigenvalue weighted by molar-refractivity contribution is 6.07. The lowest BCUT2D eigenvalue weighted by Gasteiger charge is -1.98. The molecule has 22 heavy (non-hydrogen) atoms. The molecule has 3 rings (SSSR count). The number of allylic oxidation sites excluding steroid dienone is 4. The largest absolute Gasteiger partial charge is 0.419 e. The van der Waals surface area contributed by atoms with Crippen LogP contribution < -0.4 is 5.32 Å². The molecule has 0 unspecified atom stereocenters. The average molecular weight is 291 g/mol. The van der Waals surface area contributed by atoms with Crippen molar-refractivity contribution in [1.29, 1.82) is 0 Å². The Morgan fingerprint density at radius 1 is 0.909 bits per heavy atom. The summed E-state index contributed by atoms with van der Waals surface area (Å²) in [6.07, 6.45) is 7.94. The molecule has 0 aromatic heterocycles. The molecule has 0 radical (unpaired) electrons. The molecule has 1 aliphatic heterocycles. The predicted molar refractivity (Wildman–Crippen MR) is 84.8 cm³/mol. The maximum atomic E-state index is 11.2. The lowest BCUT2D eigenvalue weighted by atomic mass is 10.1. The van der Waals surface area contributed by atoms with Crippen molar-refractivity contribution >= 4 is 28.8 Å². The number of benzene rings is 2. The van der Waals surface area contributed by atoms with Crippen molar-refractivity contribution in [3.8, 4) is 0 Å². The zero-order valence-electron chi connectivity index (χ0n) is 11.7. The van der Waals surface area contributed by atoms with Crippen LogP contribution in [0.5, 0.6) is 0 Å². The molecule has 2 aromatic rings. The molecule has 0 aliphatic carbocycles. The third kappa shape index (κ3) is 3.12. The van der Waals surface area contributed by atoms with E-state index in [0.29, 0.717) is 0 Å². The molecule has 0 bridgehead atoms. The van der Waals surface area contributed by atoms with Crippen molar-refractivity contribution in [2.24, 2.45) is 0 Å². The molecular formula is C18H13NO3. The van der Waals surface area contributed by atoms with Crippen LogP contribution in [0.25, 0.3) is 16.8 Å².